The number of hydrogen-bond donors (Lipinski definition) is 0. The number of carbonyl (C=O) groups is 1. The highest BCUT2D eigenvalue weighted by molar-refractivity contribution is 7.92. The third-order valence-electron chi connectivity index (χ3n) is 2.93. The Labute approximate surface area is 131 Å². The summed E-state index contributed by atoms with van der Waals surface area (Å²) in [5.74, 6) is -1.63. The molecule has 0 amide bonds. The minimum atomic E-state index is -4.20. The Morgan fingerprint density at radius 1 is 1.09 bits per heavy atom. The Morgan fingerprint density at radius 2 is 1.74 bits per heavy atom. The fourth-order valence-electron chi connectivity index (χ4n) is 1.91. The predicted octanol–water partition coefficient (Wildman–Crippen LogP) is 0.540. The van der Waals surface area contributed by atoms with Crippen LogP contribution in [-0.2, 0) is 14.8 Å². The Hall–Kier alpha value is -2.94. The van der Waals surface area contributed by atoms with E-state index in [0.717, 1.165) is 6.07 Å². The molecular weight excluding hydrogens is 324 g/mol. The van der Waals surface area contributed by atoms with Gasteiger partial charge in [-0.2, -0.15) is 0 Å². The summed E-state index contributed by atoms with van der Waals surface area (Å²) in [7, 11) is -4.20. The van der Waals surface area contributed by atoms with Gasteiger partial charge in [0.1, 0.15) is 0 Å². The highest BCUT2D eigenvalue weighted by Gasteiger charge is 2.26. The van der Waals surface area contributed by atoms with Gasteiger partial charge in [-0.25, -0.2) is 8.42 Å². The topological polar surface area (TPSA) is 121 Å². The largest absolute Gasteiger partial charge is 0.548 e. The van der Waals surface area contributed by atoms with E-state index in [1.165, 1.54) is 42.5 Å². The molecule has 0 aromatic heterocycles. The van der Waals surface area contributed by atoms with Crippen molar-refractivity contribution >= 4 is 27.4 Å². The van der Waals surface area contributed by atoms with Crippen molar-refractivity contribution in [1.29, 1.82) is 0 Å². The van der Waals surface area contributed by atoms with Crippen molar-refractivity contribution in [3.63, 3.8) is 0 Å². The van der Waals surface area contributed by atoms with E-state index < -0.39 is 27.5 Å². The van der Waals surface area contributed by atoms with Gasteiger partial charge in [-0.05, 0) is 18.2 Å². The van der Waals surface area contributed by atoms with Crippen molar-refractivity contribution in [2.75, 3.05) is 10.8 Å². The molecule has 0 fully saturated rings. The summed E-state index contributed by atoms with van der Waals surface area (Å²) in [6.07, 6.45) is 0. The average molecular weight is 335 g/mol. The van der Waals surface area contributed by atoms with Crippen molar-refractivity contribution in [1.82, 2.24) is 0 Å². The number of benzene rings is 2. The molecule has 0 spiro atoms. The van der Waals surface area contributed by atoms with Crippen LogP contribution in [0.25, 0.3) is 0 Å². The molecule has 9 heteroatoms. The van der Waals surface area contributed by atoms with E-state index in [2.05, 4.69) is 0 Å². The van der Waals surface area contributed by atoms with E-state index in [-0.39, 0.29) is 16.3 Å². The maximum Gasteiger partial charge on any atom is 0.271 e. The third-order valence-corrected chi connectivity index (χ3v) is 4.72. The minimum absolute atomic E-state index is 0.132. The summed E-state index contributed by atoms with van der Waals surface area (Å²) >= 11 is 0. The number of nitro benzene ring substituents is 1. The molecule has 0 N–H and O–H groups in total. The smallest absolute Gasteiger partial charge is 0.271 e. The highest BCUT2D eigenvalue weighted by atomic mass is 32.2. The number of rotatable bonds is 6. The summed E-state index contributed by atoms with van der Waals surface area (Å²) in [6, 6.07) is 11.9. The van der Waals surface area contributed by atoms with Crippen LogP contribution in [0.3, 0.4) is 0 Å². The van der Waals surface area contributed by atoms with E-state index in [1.54, 1.807) is 6.07 Å². The number of anilines is 1. The monoisotopic (exact) mass is 335 g/mol. The molecule has 0 aliphatic carbocycles. The lowest BCUT2D eigenvalue weighted by Gasteiger charge is -2.24. The van der Waals surface area contributed by atoms with Crippen LogP contribution in [0.1, 0.15) is 0 Å². The molecule has 0 saturated carbocycles. The maximum absolute atomic E-state index is 12.6. The van der Waals surface area contributed by atoms with E-state index in [0.29, 0.717) is 4.31 Å². The van der Waals surface area contributed by atoms with Crippen LogP contribution >= 0.6 is 0 Å². The molecule has 0 saturated heterocycles. The summed E-state index contributed by atoms with van der Waals surface area (Å²) < 4.78 is 25.8. The first-order valence-corrected chi connectivity index (χ1v) is 7.78. The van der Waals surface area contributed by atoms with Crippen LogP contribution in [0.4, 0.5) is 11.4 Å². The number of nitro groups is 1. The number of carboxylic acid groups (broad SMARTS) is 1. The number of nitrogens with zero attached hydrogens (tertiary/aromatic N) is 2. The second kappa shape index (κ2) is 6.44. The Balaban J connectivity index is 2.56. The molecule has 8 nitrogen and oxygen atoms in total. The van der Waals surface area contributed by atoms with Crippen LogP contribution in [-0.4, -0.2) is 25.9 Å². The molecule has 0 atom stereocenters. The quantitative estimate of drug-likeness (QED) is 0.561. The Kier molecular flexibility index (Phi) is 4.60. The molecule has 2 aromatic rings. The molecule has 0 aliphatic rings. The van der Waals surface area contributed by atoms with Crippen LogP contribution in [0.15, 0.2) is 59.5 Å². The molecule has 23 heavy (non-hydrogen) atoms. The van der Waals surface area contributed by atoms with Gasteiger partial charge in [0, 0.05) is 12.1 Å². The number of hydrogen-bond acceptors (Lipinski definition) is 6. The molecule has 0 aliphatic heterocycles. The lowest BCUT2D eigenvalue weighted by atomic mass is 10.3. The molecule has 0 bridgehead atoms. The van der Waals surface area contributed by atoms with Gasteiger partial charge in [0.2, 0.25) is 0 Å². The highest BCUT2D eigenvalue weighted by Crippen LogP contribution is 2.26. The van der Waals surface area contributed by atoms with Crippen molar-refractivity contribution in [2.45, 2.75) is 4.90 Å². The molecule has 2 aromatic carbocycles. The standard InChI is InChI=1S/C14H12N2O6S/c17-14(18)10-15(11-5-4-6-12(9-11)16(19)20)23(21,22)13-7-2-1-3-8-13/h1-9H,10H2,(H,17,18)/p-1. The van der Waals surface area contributed by atoms with Gasteiger partial charge in [-0.1, -0.05) is 24.3 Å². The zero-order chi connectivity index (χ0) is 17.0. The van der Waals surface area contributed by atoms with Crippen molar-refractivity contribution in [3.05, 3.63) is 64.7 Å². The summed E-state index contributed by atoms with van der Waals surface area (Å²) in [5.41, 5.74) is -0.485. The maximum atomic E-state index is 12.6. The van der Waals surface area contributed by atoms with E-state index in [4.69, 9.17) is 0 Å². The Bertz CT molecular complexity index is 835. The molecule has 0 radical (unpaired) electrons. The lowest BCUT2D eigenvalue weighted by Crippen LogP contribution is -2.41. The van der Waals surface area contributed by atoms with Crippen molar-refractivity contribution < 1.29 is 23.2 Å². The van der Waals surface area contributed by atoms with Gasteiger partial charge in [-0.3, -0.25) is 14.4 Å². The lowest BCUT2D eigenvalue weighted by molar-refractivity contribution is -0.384. The van der Waals surface area contributed by atoms with Crippen LogP contribution < -0.4 is 9.41 Å². The molecule has 0 heterocycles. The minimum Gasteiger partial charge on any atom is -0.548 e. The normalized spacial score (nSPS) is 11.0. The molecule has 0 unspecified atom stereocenters. The van der Waals surface area contributed by atoms with Crippen LogP contribution in [0, 0.1) is 10.1 Å². The van der Waals surface area contributed by atoms with Crippen LogP contribution in [0.5, 0.6) is 0 Å². The van der Waals surface area contributed by atoms with Crippen molar-refractivity contribution in [2.24, 2.45) is 0 Å². The number of sulfonamides is 1. The van der Waals surface area contributed by atoms with Crippen LogP contribution in [0.2, 0.25) is 0 Å². The molecule has 120 valence electrons. The zero-order valence-electron chi connectivity index (χ0n) is 11.7. The first kappa shape index (κ1) is 16.4. The first-order valence-electron chi connectivity index (χ1n) is 6.34. The third kappa shape index (κ3) is 3.64. The van der Waals surface area contributed by atoms with Gasteiger partial charge in [0.05, 0.1) is 28.0 Å². The number of aliphatic carboxylic acids is 1. The second-order valence-corrected chi connectivity index (χ2v) is 6.34. The van der Waals surface area contributed by atoms with Gasteiger partial charge in [-0.15, -0.1) is 0 Å². The zero-order valence-corrected chi connectivity index (χ0v) is 12.5. The summed E-state index contributed by atoms with van der Waals surface area (Å²) in [5, 5.41) is 21.8. The fourth-order valence-corrected chi connectivity index (χ4v) is 3.34. The number of non-ortho nitro benzene ring substituents is 1. The second-order valence-electron chi connectivity index (χ2n) is 4.47. The number of carboxylic acids is 1. The van der Waals surface area contributed by atoms with Gasteiger partial charge >= 0.3 is 0 Å². The average Bonchev–Trinajstić information content (AvgIpc) is 2.53. The van der Waals surface area contributed by atoms with Gasteiger partial charge in [0.25, 0.3) is 15.7 Å². The molecule has 2 rings (SSSR count). The SMILES string of the molecule is O=C([O-])CN(c1cccc([N+](=O)[O-])c1)S(=O)(=O)c1ccccc1. The molecular formula is C14H11N2O6S-. The van der Waals surface area contributed by atoms with Gasteiger partial charge in [0.15, 0.2) is 0 Å². The van der Waals surface area contributed by atoms with Gasteiger partial charge < -0.3 is 9.90 Å². The van der Waals surface area contributed by atoms with E-state index in [9.17, 15) is 28.4 Å². The predicted molar refractivity (Wildman–Crippen MR) is 79.1 cm³/mol. The first-order chi connectivity index (χ1) is 10.8. The number of carbonyl (C=O) groups excluding carboxylic acids is 1. The summed E-state index contributed by atoms with van der Waals surface area (Å²) in [4.78, 5) is 20.9. The fraction of sp³-hybridized carbons (Fsp3) is 0.0714. The Morgan fingerprint density at radius 3 is 2.30 bits per heavy atom. The summed E-state index contributed by atoms with van der Waals surface area (Å²) in [6.45, 7) is -0.960. The van der Waals surface area contributed by atoms with Crippen molar-refractivity contribution in [3.8, 4) is 0 Å². The van der Waals surface area contributed by atoms with E-state index >= 15 is 0 Å². The van der Waals surface area contributed by atoms with E-state index in [1.807, 2.05) is 0 Å².